The average molecular weight is 541 g/mol. The first-order valence-electron chi connectivity index (χ1n) is 9.29. The van der Waals surface area contributed by atoms with E-state index in [4.69, 9.17) is 4.74 Å². The van der Waals surface area contributed by atoms with Crippen molar-refractivity contribution < 1.29 is 9.13 Å². The van der Waals surface area contributed by atoms with Gasteiger partial charge in [0.15, 0.2) is 5.96 Å². The van der Waals surface area contributed by atoms with Crippen LogP contribution in [0.15, 0.2) is 47.6 Å². The summed E-state index contributed by atoms with van der Waals surface area (Å²) in [5, 5.41) is 7.67. The number of aryl methyl sites for hydroxylation is 2. The number of pyridine rings is 1. The Hall–Kier alpha value is -2.27. The molecule has 6 nitrogen and oxygen atoms in total. The van der Waals surface area contributed by atoms with Gasteiger partial charge in [-0.25, -0.2) is 14.4 Å². The number of aliphatic imine (C=N–C) groups is 1. The first-order chi connectivity index (χ1) is 14.0. The van der Waals surface area contributed by atoms with Gasteiger partial charge in [-0.15, -0.1) is 35.3 Å². The van der Waals surface area contributed by atoms with Crippen molar-refractivity contribution in [2.24, 2.45) is 4.99 Å². The molecular weight excluding hydrogens is 516 g/mol. The summed E-state index contributed by atoms with van der Waals surface area (Å²) in [6.07, 6.45) is 2.57. The zero-order chi connectivity index (χ0) is 20.6. The lowest BCUT2D eigenvalue weighted by molar-refractivity contribution is 0.457. The predicted octanol–water partition coefficient (Wildman–Crippen LogP) is 4.61. The Balaban J connectivity index is 0.00000320. The highest BCUT2D eigenvalue weighted by molar-refractivity contribution is 14.0. The molecule has 9 heteroatoms. The Bertz CT molecular complexity index is 958. The summed E-state index contributed by atoms with van der Waals surface area (Å²) in [6.45, 7) is 5.45. The minimum Gasteiger partial charge on any atom is -0.439 e. The highest BCUT2D eigenvalue weighted by atomic mass is 127. The molecule has 160 valence electrons. The second-order valence-electron chi connectivity index (χ2n) is 6.42. The Morgan fingerprint density at radius 3 is 2.67 bits per heavy atom. The molecular formula is C21H25FIN5OS. The predicted molar refractivity (Wildman–Crippen MR) is 130 cm³/mol. The van der Waals surface area contributed by atoms with E-state index in [0.717, 1.165) is 35.2 Å². The van der Waals surface area contributed by atoms with Crippen molar-refractivity contribution >= 4 is 41.3 Å². The summed E-state index contributed by atoms with van der Waals surface area (Å²) in [5.41, 5.74) is 2.08. The van der Waals surface area contributed by atoms with Crippen LogP contribution >= 0.6 is 35.3 Å². The van der Waals surface area contributed by atoms with E-state index in [1.807, 2.05) is 13.0 Å². The molecule has 0 aliphatic heterocycles. The largest absolute Gasteiger partial charge is 0.439 e. The molecule has 0 aliphatic rings. The quantitative estimate of drug-likeness (QED) is 0.260. The number of guanidine groups is 1. The van der Waals surface area contributed by atoms with Gasteiger partial charge in [0, 0.05) is 49.8 Å². The first-order valence-corrected chi connectivity index (χ1v) is 10.1. The number of hydrogen-bond donors (Lipinski definition) is 2. The highest BCUT2D eigenvalue weighted by Crippen LogP contribution is 2.20. The standard InChI is InChI=1S/C21H24FN5OS.HI/c1-14-15(2)29-20(27-14)9-10-24-21(23-3)26-13-16-7-8-19(25-12-16)28-18-6-4-5-17(22)11-18;/h4-8,11-12H,9-10,13H2,1-3H3,(H2,23,24,26);1H. The molecule has 3 aromatic rings. The maximum Gasteiger partial charge on any atom is 0.219 e. The summed E-state index contributed by atoms with van der Waals surface area (Å²) >= 11 is 1.73. The van der Waals surface area contributed by atoms with Gasteiger partial charge in [-0.2, -0.15) is 0 Å². The van der Waals surface area contributed by atoms with Crippen LogP contribution in [-0.4, -0.2) is 29.5 Å². The van der Waals surface area contributed by atoms with Crippen LogP contribution in [0.1, 0.15) is 21.1 Å². The van der Waals surface area contributed by atoms with Crippen LogP contribution in [0.2, 0.25) is 0 Å². The van der Waals surface area contributed by atoms with Crippen molar-refractivity contribution in [1.29, 1.82) is 0 Å². The summed E-state index contributed by atoms with van der Waals surface area (Å²) < 4.78 is 18.8. The van der Waals surface area contributed by atoms with E-state index < -0.39 is 0 Å². The maximum absolute atomic E-state index is 13.2. The molecule has 0 unspecified atom stereocenters. The van der Waals surface area contributed by atoms with E-state index in [1.54, 1.807) is 42.8 Å². The van der Waals surface area contributed by atoms with Gasteiger partial charge in [0.2, 0.25) is 5.88 Å². The molecule has 0 fully saturated rings. The fraction of sp³-hybridized carbons (Fsp3) is 0.286. The molecule has 3 rings (SSSR count). The highest BCUT2D eigenvalue weighted by Gasteiger charge is 2.05. The number of halogens is 2. The molecule has 0 radical (unpaired) electrons. The maximum atomic E-state index is 13.2. The fourth-order valence-corrected chi connectivity index (χ4v) is 3.50. The van der Waals surface area contributed by atoms with E-state index in [9.17, 15) is 4.39 Å². The molecule has 2 heterocycles. The molecule has 0 bridgehead atoms. The third kappa shape index (κ3) is 7.21. The van der Waals surface area contributed by atoms with Gasteiger partial charge < -0.3 is 15.4 Å². The van der Waals surface area contributed by atoms with Crippen LogP contribution in [0.5, 0.6) is 11.6 Å². The minimum atomic E-state index is -0.345. The minimum absolute atomic E-state index is 0. The number of rotatable bonds is 7. The van der Waals surface area contributed by atoms with E-state index in [1.165, 1.54) is 17.0 Å². The van der Waals surface area contributed by atoms with Crippen LogP contribution < -0.4 is 15.4 Å². The molecule has 0 saturated carbocycles. The Labute approximate surface area is 197 Å². The smallest absolute Gasteiger partial charge is 0.219 e. The van der Waals surface area contributed by atoms with E-state index in [-0.39, 0.29) is 29.8 Å². The molecule has 2 aromatic heterocycles. The molecule has 0 atom stereocenters. The van der Waals surface area contributed by atoms with Crippen molar-refractivity contribution in [3.8, 4) is 11.6 Å². The van der Waals surface area contributed by atoms with Crippen molar-refractivity contribution in [3.63, 3.8) is 0 Å². The van der Waals surface area contributed by atoms with Gasteiger partial charge >= 0.3 is 0 Å². The van der Waals surface area contributed by atoms with Crippen LogP contribution in [0.3, 0.4) is 0 Å². The topological polar surface area (TPSA) is 71.4 Å². The SMILES string of the molecule is CN=C(NCCc1nc(C)c(C)s1)NCc1ccc(Oc2cccc(F)c2)nc1.I. The number of thiazole rings is 1. The molecule has 30 heavy (non-hydrogen) atoms. The zero-order valence-electron chi connectivity index (χ0n) is 17.1. The zero-order valence-corrected chi connectivity index (χ0v) is 20.3. The summed E-state index contributed by atoms with van der Waals surface area (Å²) in [7, 11) is 1.74. The van der Waals surface area contributed by atoms with Crippen LogP contribution in [0, 0.1) is 19.7 Å². The van der Waals surface area contributed by atoms with Crippen molar-refractivity contribution in [2.45, 2.75) is 26.8 Å². The van der Waals surface area contributed by atoms with E-state index in [2.05, 4.69) is 32.5 Å². The first kappa shape index (κ1) is 24.0. The summed E-state index contributed by atoms with van der Waals surface area (Å²) in [6, 6.07) is 9.63. The second kappa shape index (κ2) is 11.8. The number of benzene rings is 1. The van der Waals surface area contributed by atoms with Gasteiger partial charge in [0.25, 0.3) is 0 Å². The summed E-state index contributed by atoms with van der Waals surface area (Å²) in [5.74, 6) is 1.20. The molecule has 0 aliphatic carbocycles. The van der Waals surface area contributed by atoms with Gasteiger partial charge in [0.1, 0.15) is 11.6 Å². The number of aromatic nitrogens is 2. The second-order valence-corrected chi connectivity index (χ2v) is 7.70. The average Bonchev–Trinajstić information content (AvgIpc) is 3.03. The van der Waals surface area contributed by atoms with Gasteiger partial charge in [-0.05, 0) is 31.5 Å². The molecule has 0 saturated heterocycles. The number of nitrogens with one attached hydrogen (secondary N) is 2. The monoisotopic (exact) mass is 541 g/mol. The van der Waals surface area contributed by atoms with Gasteiger partial charge in [-0.1, -0.05) is 12.1 Å². The van der Waals surface area contributed by atoms with Crippen molar-refractivity contribution in [1.82, 2.24) is 20.6 Å². The van der Waals surface area contributed by atoms with Gasteiger partial charge in [-0.3, -0.25) is 4.99 Å². The van der Waals surface area contributed by atoms with Crippen LogP contribution in [0.4, 0.5) is 4.39 Å². The van der Waals surface area contributed by atoms with Crippen molar-refractivity contribution in [2.75, 3.05) is 13.6 Å². The van der Waals surface area contributed by atoms with E-state index >= 15 is 0 Å². The third-order valence-electron chi connectivity index (χ3n) is 4.20. The molecule has 0 spiro atoms. The van der Waals surface area contributed by atoms with Crippen LogP contribution in [-0.2, 0) is 13.0 Å². The fourth-order valence-electron chi connectivity index (χ4n) is 2.57. The Kier molecular flexibility index (Phi) is 9.44. The lowest BCUT2D eigenvalue weighted by Crippen LogP contribution is -2.37. The molecule has 1 aromatic carbocycles. The Morgan fingerprint density at radius 2 is 2.03 bits per heavy atom. The van der Waals surface area contributed by atoms with Crippen molar-refractivity contribution in [3.05, 3.63) is 69.6 Å². The Morgan fingerprint density at radius 1 is 1.20 bits per heavy atom. The lowest BCUT2D eigenvalue weighted by Gasteiger charge is -2.11. The normalized spacial score (nSPS) is 11.0. The number of ether oxygens (including phenoxy) is 1. The third-order valence-corrected chi connectivity index (χ3v) is 5.34. The molecule has 2 N–H and O–H groups in total. The summed E-state index contributed by atoms with van der Waals surface area (Å²) in [4.78, 5) is 14.3. The van der Waals surface area contributed by atoms with Crippen LogP contribution in [0.25, 0.3) is 0 Å². The van der Waals surface area contributed by atoms with E-state index in [0.29, 0.717) is 18.2 Å². The number of nitrogens with zero attached hydrogens (tertiary/aromatic N) is 3. The lowest BCUT2D eigenvalue weighted by atomic mass is 10.3. The molecule has 0 amide bonds. The number of hydrogen-bond acceptors (Lipinski definition) is 5. The van der Waals surface area contributed by atoms with Gasteiger partial charge in [0.05, 0.1) is 10.7 Å².